The second-order valence-electron chi connectivity index (χ2n) is 5.80. The number of nitrogens with zero attached hydrogens (tertiary/aromatic N) is 1. The average molecular weight is 321 g/mol. The predicted octanol–water partition coefficient (Wildman–Crippen LogP) is 3.03. The molecule has 6 heteroatoms. The minimum Gasteiger partial charge on any atom is -0.481 e. The maximum absolute atomic E-state index is 12.1. The van der Waals surface area contributed by atoms with Crippen molar-refractivity contribution in [3.8, 4) is 0 Å². The summed E-state index contributed by atoms with van der Waals surface area (Å²) >= 11 is 0. The molecule has 6 nitrogen and oxygen atoms in total. The van der Waals surface area contributed by atoms with E-state index in [2.05, 4.69) is 0 Å². The van der Waals surface area contributed by atoms with E-state index in [0.29, 0.717) is 30.9 Å². The van der Waals surface area contributed by atoms with Crippen molar-refractivity contribution in [2.24, 2.45) is 0 Å². The first-order chi connectivity index (χ1) is 11.0. The lowest BCUT2D eigenvalue weighted by Gasteiger charge is -2.21. The second kappa shape index (κ2) is 7.97. The Bertz CT molecular complexity index is 575. The van der Waals surface area contributed by atoms with Crippen LogP contribution in [-0.2, 0) is 9.59 Å². The Balaban J connectivity index is 1.91. The number of hydrogen-bond acceptors (Lipinski definition) is 4. The summed E-state index contributed by atoms with van der Waals surface area (Å²) in [7, 11) is 0. The van der Waals surface area contributed by atoms with E-state index in [1.54, 1.807) is 24.0 Å². The van der Waals surface area contributed by atoms with Crippen LogP contribution in [0.15, 0.2) is 28.7 Å². The number of carbonyl (C=O) groups is 2. The van der Waals surface area contributed by atoms with Crippen LogP contribution in [0.25, 0.3) is 0 Å². The maximum Gasteiger partial charge on any atom is 0.303 e. The molecule has 1 saturated heterocycles. The van der Waals surface area contributed by atoms with Gasteiger partial charge in [-0.3, -0.25) is 14.5 Å². The zero-order valence-electron chi connectivity index (χ0n) is 13.3. The van der Waals surface area contributed by atoms with Crippen LogP contribution < -0.4 is 4.90 Å². The lowest BCUT2D eigenvalue weighted by Crippen LogP contribution is -2.32. The van der Waals surface area contributed by atoms with Crippen LogP contribution in [0.3, 0.4) is 0 Å². The van der Waals surface area contributed by atoms with Gasteiger partial charge in [0.1, 0.15) is 11.9 Å². The summed E-state index contributed by atoms with van der Waals surface area (Å²) in [5.74, 6) is 0.175. The first-order valence-electron chi connectivity index (χ1n) is 7.95. The number of aliphatic carboxylic acids is 1. The largest absolute Gasteiger partial charge is 0.481 e. The van der Waals surface area contributed by atoms with Gasteiger partial charge in [0.25, 0.3) is 0 Å². The van der Waals surface area contributed by atoms with Crippen molar-refractivity contribution < 1.29 is 24.2 Å². The third-order valence-corrected chi connectivity index (χ3v) is 3.92. The molecule has 1 amide bonds. The molecule has 23 heavy (non-hydrogen) atoms. The predicted molar refractivity (Wildman–Crippen MR) is 85.1 cm³/mol. The van der Waals surface area contributed by atoms with Crippen LogP contribution in [0.5, 0.6) is 0 Å². The number of hydrogen-bond donors (Lipinski definition) is 2. The first-order valence-corrected chi connectivity index (χ1v) is 7.95. The number of carbonyl (C=O) groups excluding carboxylic acids is 1. The number of aliphatic hydroxyl groups is 1. The van der Waals surface area contributed by atoms with Gasteiger partial charge >= 0.3 is 5.97 Å². The van der Waals surface area contributed by atoms with E-state index in [1.807, 2.05) is 12.2 Å². The molecule has 0 radical (unpaired) electrons. The van der Waals surface area contributed by atoms with Crippen molar-refractivity contribution in [2.75, 3.05) is 4.90 Å². The van der Waals surface area contributed by atoms with Gasteiger partial charge in [-0.1, -0.05) is 12.2 Å². The van der Waals surface area contributed by atoms with Crippen molar-refractivity contribution >= 4 is 17.8 Å². The fourth-order valence-corrected chi connectivity index (χ4v) is 2.71. The summed E-state index contributed by atoms with van der Waals surface area (Å²) in [6.07, 6.45) is 6.75. The molecule has 0 bridgehead atoms. The molecule has 1 aromatic heterocycles. The molecule has 1 aliphatic rings. The molecule has 1 aromatic rings. The summed E-state index contributed by atoms with van der Waals surface area (Å²) in [6.45, 7) is 1.62. The van der Waals surface area contributed by atoms with Gasteiger partial charge in [-0.05, 0) is 38.7 Å². The van der Waals surface area contributed by atoms with E-state index in [0.717, 1.165) is 12.8 Å². The van der Waals surface area contributed by atoms with Crippen molar-refractivity contribution in [1.29, 1.82) is 0 Å². The molecule has 1 unspecified atom stereocenters. The number of aliphatic hydroxyl groups excluding tert-OH is 1. The van der Waals surface area contributed by atoms with Gasteiger partial charge in [-0.15, -0.1) is 0 Å². The minimum atomic E-state index is -0.780. The highest BCUT2D eigenvalue weighted by atomic mass is 16.4. The van der Waals surface area contributed by atoms with Gasteiger partial charge in [-0.25, -0.2) is 0 Å². The number of rotatable bonds is 8. The SMILES string of the molecule is CC(O)c1ccc(N2C(=O)CC[C@@H]2C/C=C\CCCC(=O)O)o1. The number of carboxylic acids is 1. The molecule has 1 aliphatic heterocycles. The molecule has 2 N–H and O–H groups in total. The normalized spacial score (nSPS) is 19.7. The van der Waals surface area contributed by atoms with E-state index in [-0.39, 0.29) is 18.4 Å². The van der Waals surface area contributed by atoms with E-state index in [1.165, 1.54) is 0 Å². The molecule has 0 saturated carbocycles. The van der Waals surface area contributed by atoms with Crippen molar-refractivity contribution in [2.45, 2.75) is 57.6 Å². The molecule has 0 aliphatic carbocycles. The van der Waals surface area contributed by atoms with Gasteiger partial charge in [0.15, 0.2) is 0 Å². The number of carboxylic acid groups (broad SMARTS) is 1. The molecule has 2 rings (SSSR count). The van der Waals surface area contributed by atoms with Crippen molar-refractivity contribution in [3.63, 3.8) is 0 Å². The number of amides is 1. The van der Waals surface area contributed by atoms with E-state index >= 15 is 0 Å². The quantitative estimate of drug-likeness (QED) is 0.567. The molecule has 126 valence electrons. The Kier molecular flexibility index (Phi) is 5.98. The maximum atomic E-state index is 12.1. The van der Waals surface area contributed by atoms with Crippen LogP contribution in [-0.4, -0.2) is 28.1 Å². The van der Waals surface area contributed by atoms with Crippen LogP contribution >= 0.6 is 0 Å². The molecule has 2 heterocycles. The third kappa shape index (κ3) is 4.69. The summed E-state index contributed by atoms with van der Waals surface area (Å²) in [4.78, 5) is 24.2. The van der Waals surface area contributed by atoms with Crippen molar-refractivity contribution in [3.05, 3.63) is 30.0 Å². The second-order valence-corrected chi connectivity index (χ2v) is 5.80. The van der Waals surface area contributed by atoms with E-state index < -0.39 is 12.1 Å². The molecule has 1 fully saturated rings. The Labute approximate surface area is 135 Å². The molecule has 2 atom stereocenters. The average Bonchev–Trinajstić information content (AvgIpc) is 3.09. The standard InChI is InChI=1S/C17H23NO5/c1-12(19)14-9-11-16(23-14)18-13(8-10-15(18)20)6-4-2-3-5-7-17(21)22/h2,4,9,11-13,19H,3,5-8,10H2,1H3,(H,21,22)/b4-2-/t12?,13-/m0/s1. The van der Waals surface area contributed by atoms with E-state index in [9.17, 15) is 14.7 Å². The van der Waals surface area contributed by atoms with Gasteiger partial charge in [0.2, 0.25) is 11.8 Å². The minimum absolute atomic E-state index is 0.0285. The van der Waals surface area contributed by atoms with Gasteiger partial charge in [0, 0.05) is 24.9 Å². The first kappa shape index (κ1) is 17.3. The summed E-state index contributed by atoms with van der Waals surface area (Å²) in [5.41, 5.74) is 0. The monoisotopic (exact) mass is 321 g/mol. The number of allylic oxidation sites excluding steroid dienone is 1. The smallest absolute Gasteiger partial charge is 0.303 e. The van der Waals surface area contributed by atoms with Crippen molar-refractivity contribution in [1.82, 2.24) is 0 Å². The topological polar surface area (TPSA) is 91.0 Å². The van der Waals surface area contributed by atoms with Gasteiger partial charge < -0.3 is 14.6 Å². The summed E-state index contributed by atoms with van der Waals surface area (Å²) in [6, 6.07) is 3.45. The van der Waals surface area contributed by atoms with E-state index in [4.69, 9.17) is 9.52 Å². The zero-order chi connectivity index (χ0) is 16.8. The number of unbranched alkanes of at least 4 members (excludes halogenated alkanes) is 1. The van der Waals surface area contributed by atoms with Gasteiger partial charge in [0.05, 0.1) is 0 Å². The Morgan fingerprint density at radius 1 is 1.48 bits per heavy atom. The fourth-order valence-electron chi connectivity index (χ4n) is 2.71. The molecular formula is C17H23NO5. The highest BCUT2D eigenvalue weighted by Gasteiger charge is 2.33. The highest BCUT2D eigenvalue weighted by molar-refractivity contribution is 5.95. The molecule has 0 aromatic carbocycles. The Morgan fingerprint density at radius 3 is 2.91 bits per heavy atom. The van der Waals surface area contributed by atoms with Crippen LogP contribution in [0, 0.1) is 0 Å². The summed E-state index contributed by atoms with van der Waals surface area (Å²) < 4.78 is 5.57. The molecule has 0 spiro atoms. The zero-order valence-corrected chi connectivity index (χ0v) is 13.3. The summed E-state index contributed by atoms with van der Waals surface area (Å²) in [5, 5.41) is 18.1. The highest BCUT2D eigenvalue weighted by Crippen LogP contribution is 2.31. The number of furan rings is 1. The Morgan fingerprint density at radius 2 is 2.26 bits per heavy atom. The fraction of sp³-hybridized carbons (Fsp3) is 0.529. The number of anilines is 1. The van der Waals surface area contributed by atoms with Gasteiger partial charge in [-0.2, -0.15) is 0 Å². The van der Waals surface area contributed by atoms with Crippen LogP contribution in [0.2, 0.25) is 0 Å². The van der Waals surface area contributed by atoms with Crippen LogP contribution in [0.1, 0.15) is 57.3 Å². The Hall–Kier alpha value is -2.08. The van der Waals surface area contributed by atoms with Crippen LogP contribution in [0.4, 0.5) is 5.88 Å². The third-order valence-electron chi connectivity index (χ3n) is 3.92. The molecular weight excluding hydrogens is 298 g/mol. The lowest BCUT2D eigenvalue weighted by atomic mass is 10.1. The lowest BCUT2D eigenvalue weighted by molar-refractivity contribution is -0.137.